The summed E-state index contributed by atoms with van der Waals surface area (Å²) in [6.07, 6.45) is 0.694. The first kappa shape index (κ1) is 24.3. The van der Waals surface area contributed by atoms with Crippen LogP contribution in [0.1, 0.15) is 20.3 Å². The summed E-state index contributed by atoms with van der Waals surface area (Å²) in [4.78, 5) is 16.7. The molecule has 0 rings (SSSR count). The molecule has 0 saturated heterocycles. The first-order chi connectivity index (χ1) is 6.59. The molecule has 0 amide bonds. The van der Waals surface area contributed by atoms with Crippen LogP contribution in [0.3, 0.4) is 0 Å². The Morgan fingerprint density at radius 3 is 1.19 bits per heavy atom. The molecule has 2 unspecified atom stereocenters. The maximum Gasteiger partial charge on any atom is 2.00 e. The molecule has 0 aliphatic rings. The molecule has 2 atom stereocenters. The van der Waals surface area contributed by atoms with Crippen LogP contribution in [-0.4, -0.2) is 32.7 Å². The van der Waals surface area contributed by atoms with Crippen molar-refractivity contribution >= 4 is 0 Å². The molecule has 0 aromatic carbocycles. The summed E-state index contributed by atoms with van der Waals surface area (Å²) in [6, 6.07) is -0.125. The number of hydrogen-bond acceptors (Lipinski definition) is 4. The molecule has 0 saturated carbocycles. The van der Waals surface area contributed by atoms with Crippen molar-refractivity contribution in [1.29, 1.82) is 0 Å². The van der Waals surface area contributed by atoms with E-state index >= 15 is 0 Å². The number of nitrogens with zero attached hydrogens (tertiary/aromatic N) is 2. The second kappa shape index (κ2) is 16.4. The van der Waals surface area contributed by atoms with Crippen molar-refractivity contribution in [3.63, 3.8) is 0 Å². The third-order valence-corrected chi connectivity index (χ3v) is 0.707. The molecule has 0 spiro atoms. The van der Waals surface area contributed by atoms with Gasteiger partial charge in [0.25, 0.3) is 10.2 Å². The van der Waals surface area contributed by atoms with Gasteiger partial charge in [-0.3, -0.25) is 0 Å². The minimum absolute atomic E-state index is 0. The van der Waals surface area contributed by atoms with E-state index in [0.717, 1.165) is 0 Å². The van der Waals surface area contributed by atoms with Gasteiger partial charge in [0.1, 0.15) is 0 Å². The maximum atomic E-state index is 8.36. The predicted molar refractivity (Wildman–Crippen MR) is 49.7 cm³/mol. The molecule has 0 aromatic heterocycles. The molecule has 0 aromatic rings. The fourth-order valence-electron chi connectivity index (χ4n) is 0.530. The van der Waals surface area contributed by atoms with Crippen LogP contribution in [-0.2, 0) is 21.1 Å². The zero-order valence-electron chi connectivity index (χ0n) is 8.60. The average Bonchev–Trinajstić information content (AvgIpc) is 1.78. The summed E-state index contributed by atoms with van der Waals surface area (Å²) < 4.78 is 0. The predicted octanol–water partition coefficient (Wildman–Crippen LogP) is 1.56. The number of hydrogen-bond donors (Lipinski definition) is 2. The van der Waals surface area contributed by atoms with Crippen molar-refractivity contribution < 1.29 is 41.7 Å². The van der Waals surface area contributed by atoms with Crippen LogP contribution >= 0.6 is 0 Å². The zero-order valence-corrected chi connectivity index (χ0v) is 10.9. The Morgan fingerprint density at radius 2 is 1.19 bits per heavy atom. The average molecular weight is 421 g/mol. The molecule has 0 heterocycles. The summed E-state index contributed by atoms with van der Waals surface area (Å²) in [5.74, 6) is 0. The van der Waals surface area contributed by atoms with Crippen molar-refractivity contribution in [2.75, 3.05) is 0 Å². The topological polar surface area (TPSA) is 174 Å². The van der Waals surface area contributed by atoms with Crippen LogP contribution in [0.2, 0.25) is 0 Å². The fourth-order valence-corrected chi connectivity index (χ4v) is 0.530. The zero-order chi connectivity index (χ0) is 13.0. The van der Waals surface area contributed by atoms with Gasteiger partial charge in [-0.15, -0.1) is 32.3 Å². The largest absolute Gasteiger partial charge is 2.00 e. The Labute approximate surface area is 106 Å². The van der Waals surface area contributed by atoms with Gasteiger partial charge in [-0.1, -0.05) is 20.3 Å². The Bertz CT molecular complexity index is 152. The molecule has 0 aliphatic heterocycles. The molecule has 11 heteroatoms. The van der Waals surface area contributed by atoms with Gasteiger partial charge in [0.15, 0.2) is 0 Å². The second-order valence-corrected chi connectivity index (χ2v) is 2.51. The number of nitrogens with one attached hydrogen (secondary N) is 2. The Balaban J connectivity index is -0.0000000700. The Hall–Kier alpha value is -0.992. The van der Waals surface area contributed by atoms with Crippen molar-refractivity contribution in [3.05, 3.63) is 31.7 Å². The van der Waals surface area contributed by atoms with Gasteiger partial charge in [-0.25, -0.2) is 0 Å². The normalized spacial score (nSPS) is 11.2. The Morgan fingerprint density at radius 1 is 1.06 bits per heavy atom. The summed E-state index contributed by atoms with van der Waals surface area (Å²) in [5, 5.41) is 27.3. The first-order valence-electron chi connectivity index (χ1n) is 3.68. The standard InChI is InChI=1S/C5H12N2.2HNO3.Pt/c1-4(6)3-5(2)7;2*2-1(3)4;/h4-7H,3H2,1-2H3;2*(H,2,3,4);/q-2;;;+2. The van der Waals surface area contributed by atoms with Crippen LogP contribution < -0.4 is 0 Å². The fraction of sp³-hybridized carbons (Fsp3) is 1.00. The molecule has 10 nitrogen and oxygen atoms in total. The van der Waals surface area contributed by atoms with Crippen molar-refractivity contribution in [1.82, 2.24) is 0 Å². The van der Waals surface area contributed by atoms with Gasteiger partial charge in [0, 0.05) is 0 Å². The van der Waals surface area contributed by atoms with Gasteiger partial charge in [0.05, 0.1) is 0 Å². The van der Waals surface area contributed by atoms with E-state index in [1.54, 1.807) is 0 Å². The minimum Gasteiger partial charge on any atom is -0.675 e. The van der Waals surface area contributed by atoms with Gasteiger partial charge >= 0.3 is 21.1 Å². The van der Waals surface area contributed by atoms with Gasteiger partial charge in [-0.05, 0) is 0 Å². The van der Waals surface area contributed by atoms with E-state index in [2.05, 4.69) is 0 Å². The van der Waals surface area contributed by atoms with E-state index < -0.39 is 10.2 Å². The molecule has 0 aliphatic carbocycles. The summed E-state index contributed by atoms with van der Waals surface area (Å²) in [6.45, 7) is 3.62. The van der Waals surface area contributed by atoms with Gasteiger partial charge < -0.3 is 21.9 Å². The van der Waals surface area contributed by atoms with Gasteiger partial charge in [0.2, 0.25) is 0 Å². The summed E-state index contributed by atoms with van der Waals surface area (Å²) in [5.41, 5.74) is 14.0. The van der Waals surface area contributed by atoms with Crippen LogP contribution in [0.4, 0.5) is 0 Å². The molecule has 100 valence electrons. The molecule has 16 heavy (non-hydrogen) atoms. The second-order valence-electron chi connectivity index (χ2n) is 2.51. The quantitative estimate of drug-likeness (QED) is 0.505. The van der Waals surface area contributed by atoms with E-state index in [4.69, 9.17) is 42.1 Å². The maximum absolute atomic E-state index is 8.36. The molecule has 0 radical (unpaired) electrons. The summed E-state index contributed by atoms with van der Waals surface area (Å²) in [7, 11) is 0. The van der Waals surface area contributed by atoms with Crippen molar-refractivity contribution in [2.24, 2.45) is 0 Å². The van der Waals surface area contributed by atoms with Crippen LogP contribution in [0.25, 0.3) is 11.5 Å². The van der Waals surface area contributed by atoms with E-state index in [0.29, 0.717) is 6.42 Å². The number of rotatable bonds is 2. The van der Waals surface area contributed by atoms with Crippen LogP contribution in [0.15, 0.2) is 0 Å². The van der Waals surface area contributed by atoms with E-state index in [1.807, 2.05) is 13.8 Å². The molecule has 4 N–H and O–H groups in total. The Kier molecular flexibility index (Phi) is 25.0. The van der Waals surface area contributed by atoms with E-state index in [-0.39, 0.29) is 33.1 Å². The molecular weight excluding hydrogens is 407 g/mol. The van der Waals surface area contributed by atoms with Crippen LogP contribution in [0.5, 0.6) is 0 Å². The van der Waals surface area contributed by atoms with Crippen molar-refractivity contribution in [3.8, 4) is 0 Å². The van der Waals surface area contributed by atoms with E-state index in [9.17, 15) is 0 Å². The van der Waals surface area contributed by atoms with Crippen LogP contribution in [0, 0.1) is 20.2 Å². The van der Waals surface area contributed by atoms with Crippen molar-refractivity contribution in [2.45, 2.75) is 32.4 Å². The minimum atomic E-state index is -1.50. The van der Waals surface area contributed by atoms with E-state index in [1.165, 1.54) is 0 Å². The third-order valence-electron chi connectivity index (χ3n) is 0.707. The monoisotopic (exact) mass is 421 g/mol. The molecule has 0 bridgehead atoms. The third kappa shape index (κ3) is 207. The smallest absolute Gasteiger partial charge is 0.675 e. The SMILES string of the molecule is CC([NH-])CC(C)[NH-].O=[N+]([O-])O.O=[N+]([O-])O.[Pt+2]. The first-order valence-corrected chi connectivity index (χ1v) is 3.68. The molecule has 0 fully saturated rings. The van der Waals surface area contributed by atoms with Gasteiger partial charge in [-0.2, -0.15) is 0 Å². The molecular formula is C5H14N4O6Pt. The summed E-state index contributed by atoms with van der Waals surface area (Å²) >= 11 is 0.